The highest BCUT2D eigenvalue weighted by molar-refractivity contribution is 7.89. The van der Waals surface area contributed by atoms with Crippen molar-refractivity contribution < 1.29 is 13.2 Å². The highest BCUT2D eigenvalue weighted by atomic mass is 32.2. The van der Waals surface area contributed by atoms with Crippen LogP contribution in [0.5, 0.6) is 5.75 Å². The molecule has 0 fully saturated rings. The van der Waals surface area contributed by atoms with Crippen LogP contribution < -0.4 is 9.46 Å². The summed E-state index contributed by atoms with van der Waals surface area (Å²) < 4.78 is 31.2. The van der Waals surface area contributed by atoms with Gasteiger partial charge in [0.1, 0.15) is 12.4 Å². The first-order valence-electron chi connectivity index (χ1n) is 6.22. The van der Waals surface area contributed by atoms with Crippen molar-refractivity contribution in [3.05, 3.63) is 42.4 Å². The number of aryl methyl sites for hydroxylation is 1. The van der Waals surface area contributed by atoms with Crippen LogP contribution >= 0.6 is 0 Å². The van der Waals surface area contributed by atoms with E-state index in [9.17, 15) is 8.42 Å². The normalized spacial score (nSPS) is 10.7. The van der Waals surface area contributed by atoms with E-state index < -0.39 is 10.0 Å². The number of hydrogen-bond donors (Lipinski definition) is 2. The van der Waals surface area contributed by atoms with Crippen molar-refractivity contribution in [1.82, 2.24) is 14.7 Å². The summed E-state index contributed by atoms with van der Waals surface area (Å²) in [5.41, 5.74) is 1.03. The molecule has 0 aliphatic carbocycles. The Bertz CT molecular complexity index is 743. The molecule has 0 aliphatic heterocycles. The summed E-state index contributed by atoms with van der Waals surface area (Å²) in [5.74, 6) is 6.22. The summed E-state index contributed by atoms with van der Waals surface area (Å²) in [5, 5.41) is 0.0143. The predicted octanol–water partition coefficient (Wildman–Crippen LogP) is 1.08. The average molecular weight is 305 g/mol. The molecule has 0 atom stereocenters. The van der Waals surface area contributed by atoms with Gasteiger partial charge in [0.2, 0.25) is 0 Å². The van der Waals surface area contributed by atoms with Gasteiger partial charge < -0.3 is 9.72 Å². The number of para-hydroxylation sites is 1. The fourth-order valence-corrected chi connectivity index (χ4v) is 2.37. The molecule has 1 aromatic heterocycles. The monoisotopic (exact) mass is 305 g/mol. The van der Waals surface area contributed by atoms with Gasteiger partial charge in [-0.1, -0.05) is 30.0 Å². The van der Waals surface area contributed by atoms with Crippen LogP contribution in [-0.4, -0.2) is 31.5 Å². The van der Waals surface area contributed by atoms with Gasteiger partial charge in [-0.25, -0.2) is 13.4 Å². The molecule has 0 spiro atoms. The van der Waals surface area contributed by atoms with E-state index in [0.29, 0.717) is 0 Å². The number of H-pyrrole nitrogens is 1. The lowest BCUT2D eigenvalue weighted by molar-refractivity contribution is 0.367. The van der Waals surface area contributed by atoms with Crippen LogP contribution in [0.4, 0.5) is 0 Å². The fourth-order valence-electron chi connectivity index (χ4n) is 1.54. The molecule has 110 valence electrons. The van der Waals surface area contributed by atoms with E-state index in [0.717, 1.165) is 11.3 Å². The Balaban J connectivity index is 1.79. The first kappa shape index (κ1) is 15.1. The second-order valence-electron chi connectivity index (χ2n) is 4.15. The maximum atomic E-state index is 11.7. The van der Waals surface area contributed by atoms with Gasteiger partial charge >= 0.3 is 0 Å². The third-order valence-corrected chi connectivity index (χ3v) is 3.96. The van der Waals surface area contributed by atoms with E-state index in [2.05, 4.69) is 26.5 Å². The third-order valence-electron chi connectivity index (χ3n) is 2.63. The number of rotatable bonds is 5. The van der Waals surface area contributed by atoms with Crippen molar-refractivity contribution in [1.29, 1.82) is 0 Å². The summed E-state index contributed by atoms with van der Waals surface area (Å²) in [4.78, 5) is 6.18. The summed E-state index contributed by atoms with van der Waals surface area (Å²) >= 11 is 0. The van der Waals surface area contributed by atoms with E-state index in [4.69, 9.17) is 4.74 Å². The molecule has 0 radical (unpaired) electrons. The number of sulfonamides is 1. The second-order valence-corrected chi connectivity index (χ2v) is 5.88. The highest BCUT2D eigenvalue weighted by Gasteiger charge is 2.13. The number of nitrogens with zero attached hydrogens (tertiary/aromatic N) is 1. The topological polar surface area (TPSA) is 84.1 Å². The van der Waals surface area contributed by atoms with Gasteiger partial charge in [0.15, 0.2) is 5.03 Å². The van der Waals surface area contributed by atoms with Crippen molar-refractivity contribution in [2.75, 3.05) is 13.2 Å². The van der Waals surface area contributed by atoms with Crippen LogP contribution in [-0.2, 0) is 10.0 Å². The minimum absolute atomic E-state index is 0.0124. The fraction of sp³-hybridized carbons (Fsp3) is 0.214. The first-order valence-corrected chi connectivity index (χ1v) is 7.70. The van der Waals surface area contributed by atoms with Gasteiger partial charge in [-0.15, -0.1) is 0 Å². The Kier molecular flexibility index (Phi) is 4.98. The molecule has 2 N–H and O–H groups in total. The van der Waals surface area contributed by atoms with Gasteiger partial charge in [0.05, 0.1) is 19.1 Å². The van der Waals surface area contributed by atoms with E-state index in [-0.39, 0.29) is 18.2 Å². The minimum Gasteiger partial charge on any atom is -0.481 e. The summed E-state index contributed by atoms with van der Waals surface area (Å²) in [6.07, 6.45) is 2.54. The summed E-state index contributed by atoms with van der Waals surface area (Å²) in [6, 6.07) is 7.62. The van der Waals surface area contributed by atoms with Gasteiger partial charge in [-0.2, -0.15) is 4.72 Å². The molecular formula is C14H15N3O3S. The van der Waals surface area contributed by atoms with E-state index in [1.54, 1.807) is 0 Å². The number of ether oxygens (including phenoxy) is 1. The molecule has 2 rings (SSSR count). The molecule has 6 nitrogen and oxygen atoms in total. The van der Waals surface area contributed by atoms with Crippen molar-refractivity contribution >= 4 is 10.0 Å². The zero-order valence-corrected chi connectivity index (χ0v) is 12.3. The van der Waals surface area contributed by atoms with E-state index in [1.165, 1.54) is 12.5 Å². The largest absolute Gasteiger partial charge is 0.481 e. The standard InChI is InChI=1S/C14H15N3O3S/c1-12-6-2-3-7-13(12)20-9-5-4-8-17-21(18,19)14-10-15-11-16-14/h2-3,6-7,10-11,17H,8-9H2,1H3,(H,15,16). The minimum atomic E-state index is -3.57. The molecule has 1 heterocycles. The van der Waals surface area contributed by atoms with Gasteiger partial charge in [-0.3, -0.25) is 0 Å². The van der Waals surface area contributed by atoms with Crippen molar-refractivity contribution in [3.63, 3.8) is 0 Å². The molecule has 0 unspecified atom stereocenters. The molecule has 1 aromatic carbocycles. The molecule has 0 saturated carbocycles. The molecule has 0 saturated heterocycles. The van der Waals surface area contributed by atoms with E-state index >= 15 is 0 Å². The number of benzene rings is 1. The predicted molar refractivity (Wildman–Crippen MR) is 78.2 cm³/mol. The second kappa shape index (κ2) is 6.92. The van der Waals surface area contributed by atoms with Crippen molar-refractivity contribution in [3.8, 4) is 17.6 Å². The zero-order valence-electron chi connectivity index (χ0n) is 11.5. The van der Waals surface area contributed by atoms with Crippen molar-refractivity contribution in [2.24, 2.45) is 0 Å². The number of aromatic nitrogens is 2. The van der Waals surface area contributed by atoms with Gasteiger partial charge in [-0.05, 0) is 18.6 Å². The summed E-state index contributed by atoms with van der Waals surface area (Å²) in [6.45, 7) is 2.16. The number of hydrogen-bond acceptors (Lipinski definition) is 4. The first-order chi connectivity index (χ1) is 10.1. The van der Waals surface area contributed by atoms with Crippen LogP contribution in [0.25, 0.3) is 0 Å². The van der Waals surface area contributed by atoms with Gasteiger partial charge in [0.25, 0.3) is 10.0 Å². The maximum absolute atomic E-state index is 11.7. The Labute approximate surface area is 123 Å². The maximum Gasteiger partial charge on any atom is 0.258 e. The van der Waals surface area contributed by atoms with Crippen LogP contribution in [0.3, 0.4) is 0 Å². The lowest BCUT2D eigenvalue weighted by Crippen LogP contribution is -2.24. The van der Waals surface area contributed by atoms with Crippen LogP contribution in [0, 0.1) is 18.8 Å². The third kappa shape index (κ3) is 4.34. The highest BCUT2D eigenvalue weighted by Crippen LogP contribution is 2.15. The Morgan fingerprint density at radius 3 is 2.86 bits per heavy atom. The SMILES string of the molecule is Cc1ccccc1OCC#CCNS(=O)(=O)c1cnc[nH]1. The van der Waals surface area contributed by atoms with E-state index in [1.807, 2.05) is 31.2 Å². The molecule has 0 bridgehead atoms. The lowest BCUT2D eigenvalue weighted by atomic mass is 10.2. The lowest BCUT2D eigenvalue weighted by Gasteiger charge is -2.04. The van der Waals surface area contributed by atoms with Crippen LogP contribution in [0.15, 0.2) is 41.8 Å². The number of nitrogens with one attached hydrogen (secondary N) is 2. The Hall–Kier alpha value is -2.30. The molecule has 0 aliphatic rings. The zero-order chi connectivity index (χ0) is 15.1. The van der Waals surface area contributed by atoms with Crippen LogP contribution in [0.1, 0.15) is 5.56 Å². The Morgan fingerprint density at radius 1 is 1.33 bits per heavy atom. The molecule has 7 heteroatoms. The quantitative estimate of drug-likeness (QED) is 0.810. The van der Waals surface area contributed by atoms with Crippen molar-refractivity contribution in [2.45, 2.75) is 11.9 Å². The number of imidazole rings is 1. The number of aromatic amines is 1. The average Bonchev–Trinajstić information content (AvgIpc) is 2.99. The molecule has 21 heavy (non-hydrogen) atoms. The molecular weight excluding hydrogens is 290 g/mol. The smallest absolute Gasteiger partial charge is 0.258 e. The van der Waals surface area contributed by atoms with Gasteiger partial charge in [0, 0.05) is 0 Å². The molecule has 2 aromatic rings. The van der Waals surface area contributed by atoms with Crippen LogP contribution in [0.2, 0.25) is 0 Å². The Morgan fingerprint density at radius 2 is 2.14 bits per heavy atom. The molecule has 0 amide bonds. The summed E-state index contributed by atoms with van der Waals surface area (Å²) in [7, 11) is -3.57.